The van der Waals surface area contributed by atoms with Crippen LogP contribution >= 0.6 is 0 Å². The van der Waals surface area contributed by atoms with E-state index in [0.29, 0.717) is 19.8 Å². The molecule has 2 aliphatic heterocycles. The molecule has 4 rings (SSSR count). The number of nitrogens with zero attached hydrogens (tertiary/aromatic N) is 1. The molecule has 29 heavy (non-hydrogen) atoms. The Bertz CT molecular complexity index is 884. The second-order valence-electron chi connectivity index (χ2n) is 7.88. The first-order valence-electron chi connectivity index (χ1n) is 10.5. The van der Waals surface area contributed by atoms with Crippen LogP contribution in [0, 0.1) is 13.8 Å². The molecule has 0 unspecified atom stereocenters. The molecule has 2 aromatic carbocycles. The smallest absolute Gasteiger partial charge is 0.292 e. The molecule has 5 nitrogen and oxygen atoms in total. The fourth-order valence-electron chi connectivity index (χ4n) is 4.13. The second-order valence-corrected chi connectivity index (χ2v) is 7.88. The van der Waals surface area contributed by atoms with Crippen molar-refractivity contribution in [3.8, 4) is 5.75 Å². The summed E-state index contributed by atoms with van der Waals surface area (Å²) in [4.78, 5) is 15.3. The molecule has 2 aromatic rings. The minimum atomic E-state index is -1.30. The van der Waals surface area contributed by atoms with Gasteiger partial charge in [-0.3, -0.25) is 4.79 Å². The molecule has 0 aliphatic carbocycles. The third-order valence-corrected chi connectivity index (χ3v) is 5.53. The summed E-state index contributed by atoms with van der Waals surface area (Å²) in [5, 5.41) is 0. The van der Waals surface area contributed by atoms with Gasteiger partial charge in [-0.15, -0.1) is 0 Å². The lowest BCUT2D eigenvalue weighted by Crippen LogP contribution is -2.47. The fraction of sp³-hybridized carbons (Fsp3) is 0.458. The van der Waals surface area contributed by atoms with E-state index in [2.05, 4.69) is 13.0 Å². The SMILES string of the molecule is CCCCOc1ccc(CN2C(=O)C3(OCCCO3)c3cc(C)cc(C)c32)cc1. The van der Waals surface area contributed by atoms with E-state index in [1.165, 1.54) is 0 Å². The Balaban J connectivity index is 1.62. The Kier molecular flexibility index (Phi) is 5.61. The van der Waals surface area contributed by atoms with Crippen molar-refractivity contribution in [2.45, 2.75) is 52.4 Å². The number of ether oxygens (including phenoxy) is 3. The highest BCUT2D eigenvalue weighted by atomic mass is 16.7. The Labute approximate surface area is 172 Å². The quantitative estimate of drug-likeness (QED) is 0.670. The molecule has 1 fully saturated rings. The number of unbranched alkanes of at least 4 members (excludes halogenated alkanes) is 1. The van der Waals surface area contributed by atoms with E-state index in [9.17, 15) is 4.79 Å². The van der Waals surface area contributed by atoms with Crippen molar-refractivity contribution < 1.29 is 19.0 Å². The van der Waals surface area contributed by atoms with Gasteiger partial charge in [-0.25, -0.2) is 0 Å². The van der Waals surface area contributed by atoms with Crippen LogP contribution in [0.5, 0.6) is 5.75 Å². The lowest BCUT2D eigenvalue weighted by Gasteiger charge is -2.32. The van der Waals surface area contributed by atoms with Gasteiger partial charge in [-0.2, -0.15) is 0 Å². The zero-order chi connectivity index (χ0) is 20.4. The van der Waals surface area contributed by atoms with E-state index in [-0.39, 0.29) is 5.91 Å². The molecule has 2 aliphatic rings. The number of aryl methyl sites for hydroxylation is 2. The average Bonchev–Trinajstić information content (AvgIpc) is 2.93. The zero-order valence-electron chi connectivity index (χ0n) is 17.5. The highest BCUT2D eigenvalue weighted by Gasteiger charge is 2.55. The first kappa shape index (κ1) is 19.9. The normalized spacial score (nSPS) is 17.6. The summed E-state index contributed by atoms with van der Waals surface area (Å²) in [7, 11) is 0. The topological polar surface area (TPSA) is 48.0 Å². The Hall–Kier alpha value is -2.37. The van der Waals surface area contributed by atoms with Gasteiger partial charge >= 0.3 is 0 Å². The molecular formula is C24H29NO4. The first-order chi connectivity index (χ1) is 14.0. The van der Waals surface area contributed by atoms with Gasteiger partial charge < -0.3 is 19.1 Å². The van der Waals surface area contributed by atoms with Crippen LogP contribution in [0.4, 0.5) is 5.69 Å². The maximum atomic E-state index is 13.5. The van der Waals surface area contributed by atoms with Gasteiger partial charge in [0.25, 0.3) is 11.7 Å². The van der Waals surface area contributed by atoms with Crippen molar-refractivity contribution in [2.24, 2.45) is 0 Å². The largest absolute Gasteiger partial charge is 0.494 e. The Morgan fingerprint density at radius 3 is 2.52 bits per heavy atom. The van der Waals surface area contributed by atoms with Crippen molar-refractivity contribution in [3.05, 3.63) is 58.7 Å². The fourth-order valence-corrected chi connectivity index (χ4v) is 4.13. The number of amides is 1. The van der Waals surface area contributed by atoms with E-state index in [0.717, 1.165) is 59.6 Å². The van der Waals surface area contributed by atoms with Crippen LogP contribution in [0.3, 0.4) is 0 Å². The predicted molar refractivity (Wildman–Crippen MR) is 112 cm³/mol. The number of carbonyl (C=O) groups excluding carboxylic acids is 1. The molecule has 0 N–H and O–H groups in total. The molecule has 1 spiro atoms. The molecular weight excluding hydrogens is 366 g/mol. The standard InChI is InChI=1S/C24H29NO4/c1-4-5-11-27-20-9-7-19(8-10-20)16-25-22-18(3)14-17(2)15-21(22)24(23(25)26)28-12-6-13-29-24/h7-10,14-15H,4-6,11-13,16H2,1-3H3. The molecule has 0 atom stereocenters. The van der Waals surface area contributed by atoms with E-state index < -0.39 is 5.79 Å². The molecule has 0 radical (unpaired) electrons. The van der Waals surface area contributed by atoms with Gasteiger partial charge in [0.05, 0.1) is 32.1 Å². The summed E-state index contributed by atoms with van der Waals surface area (Å²) in [6, 6.07) is 12.1. The van der Waals surface area contributed by atoms with Crippen LogP contribution in [-0.2, 0) is 26.6 Å². The van der Waals surface area contributed by atoms with E-state index in [1.54, 1.807) is 0 Å². The minimum Gasteiger partial charge on any atom is -0.494 e. The van der Waals surface area contributed by atoms with Gasteiger partial charge in [0.15, 0.2) is 0 Å². The third kappa shape index (κ3) is 3.65. The van der Waals surface area contributed by atoms with Crippen LogP contribution in [-0.4, -0.2) is 25.7 Å². The van der Waals surface area contributed by atoms with Gasteiger partial charge in [-0.1, -0.05) is 37.1 Å². The predicted octanol–water partition coefficient (Wildman–Crippen LogP) is 4.62. The zero-order valence-corrected chi connectivity index (χ0v) is 17.5. The van der Waals surface area contributed by atoms with Crippen molar-refractivity contribution in [1.82, 2.24) is 0 Å². The molecule has 1 amide bonds. The number of carbonyl (C=O) groups is 1. The lowest BCUT2D eigenvalue weighted by molar-refractivity contribution is -0.256. The number of fused-ring (bicyclic) bond motifs is 2. The molecule has 5 heteroatoms. The van der Waals surface area contributed by atoms with E-state index >= 15 is 0 Å². The highest BCUT2D eigenvalue weighted by molar-refractivity contribution is 6.07. The summed E-state index contributed by atoms with van der Waals surface area (Å²) >= 11 is 0. The monoisotopic (exact) mass is 395 g/mol. The van der Waals surface area contributed by atoms with E-state index in [4.69, 9.17) is 14.2 Å². The Morgan fingerprint density at radius 1 is 1.10 bits per heavy atom. The van der Waals surface area contributed by atoms with Crippen LogP contribution in [0.1, 0.15) is 48.4 Å². The lowest BCUT2D eigenvalue weighted by atomic mass is 10.00. The van der Waals surface area contributed by atoms with Gasteiger partial charge in [0.2, 0.25) is 0 Å². The maximum Gasteiger partial charge on any atom is 0.292 e. The molecule has 154 valence electrons. The third-order valence-electron chi connectivity index (χ3n) is 5.53. The number of benzene rings is 2. The molecule has 1 saturated heterocycles. The highest BCUT2D eigenvalue weighted by Crippen LogP contribution is 2.47. The van der Waals surface area contributed by atoms with Crippen molar-refractivity contribution in [1.29, 1.82) is 0 Å². The van der Waals surface area contributed by atoms with Crippen LogP contribution in [0.2, 0.25) is 0 Å². The number of hydrogen-bond donors (Lipinski definition) is 0. The van der Waals surface area contributed by atoms with Crippen LogP contribution < -0.4 is 9.64 Å². The van der Waals surface area contributed by atoms with E-state index in [1.807, 2.05) is 49.1 Å². The molecule has 0 saturated carbocycles. The summed E-state index contributed by atoms with van der Waals surface area (Å²) < 4.78 is 17.7. The van der Waals surface area contributed by atoms with Crippen LogP contribution in [0.15, 0.2) is 36.4 Å². The van der Waals surface area contributed by atoms with Crippen molar-refractivity contribution in [3.63, 3.8) is 0 Å². The number of hydrogen-bond acceptors (Lipinski definition) is 4. The number of rotatable bonds is 6. The summed E-state index contributed by atoms with van der Waals surface area (Å²) in [6.07, 6.45) is 2.95. The summed E-state index contributed by atoms with van der Waals surface area (Å²) in [6.45, 7) is 8.47. The number of anilines is 1. The van der Waals surface area contributed by atoms with Crippen molar-refractivity contribution in [2.75, 3.05) is 24.7 Å². The summed E-state index contributed by atoms with van der Waals surface area (Å²) in [5.74, 6) is -0.574. The molecule has 0 aromatic heterocycles. The summed E-state index contributed by atoms with van der Waals surface area (Å²) in [5.41, 5.74) is 4.94. The van der Waals surface area contributed by atoms with Gasteiger partial charge in [-0.05, 0) is 56.0 Å². The average molecular weight is 395 g/mol. The Morgan fingerprint density at radius 2 is 1.83 bits per heavy atom. The second kappa shape index (κ2) is 8.17. The minimum absolute atomic E-state index is 0.135. The maximum absolute atomic E-state index is 13.5. The molecule has 0 bridgehead atoms. The van der Waals surface area contributed by atoms with Gasteiger partial charge in [0.1, 0.15) is 5.75 Å². The first-order valence-corrected chi connectivity index (χ1v) is 10.5. The molecule has 2 heterocycles. The van der Waals surface area contributed by atoms with Gasteiger partial charge in [0, 0.05) is 5.56 Å². The van der Waals surface area contributed by atoms with Crippen LogP contribution in [0.25, 0.3) is 0 Å². The van der Waals surface area contributed by atoms with Crippen molar-refractivity contribution >= 4 is 11.6 Å².